The Morgan fingerprint density at radius 1 is 1.25 bits per heavy atom. The molecule has 0 radical (unpaired) electrons. The van der Waals surface area contributed by atoms with E-state index in [1.807, 2.05) is 19.9 Å². The van der Waals surface area contributed by atoms with E-state index >= 15 is 0 Å². The number of esters is 1. The Morgan fingerprint density at radius 2 is 2.00 bits per heavy atom. The molecule has 178 valence electrons. The summed E-state index contributed by atoms with van der Waals surface area (Å²) >= 11 is 1.55. The first kappa shape index (κ1) is 25.0. The van der Waals surface area contributed by atoms with Gasteiger partial charge < -0.3 is 14.8 Å². The molecule has 1 atom stereocenters. The second-order valence-electron chi connectivity index (χ2n) is 9.06. The number of pyridine rings is 1. The maximum Gasteiger partial charge on any atom is 0.306 e. The first-order chi connectivity index (χ1) is 15.4. The molecule has 6 nitrogen and oxygen atoms in total. The van der Waals surface area contributed by atoms with Crippen LogP contribution >= 0.6 is 11.8 Å². The molecule has 1 amide bonds. The van der Waals surface area contributed by atoms with E-state index in [-0.39, 0.29) is 11.9 Å². The van der Waals surface area contributed by atoms with Gasteiger partial charge >= 0.3 is 5.97 Å². The number of unbranched alkanes of at least 4 members (excludes halogenated alkanes) is 1. The number of amides is 1. The van der Waals surface area contributed by atoms with Gasteiger partial charge in [-0.15, -0.1) is 11.8 Å². The van der Waals surface area contributed by atoms with Crippen LogP contribution in [-0.2, 0) is 30.0 Å². The molecule has 1 saturated heterocycles. The van der Waals surface area contributed by atoms with Crippen molar-refractivity contribution in [1.29, 1.82) is 0 Å². The van der Waals surface area contributed by atoms with Gasteiger partial charge in [-0.2, -0.15) is 0 Å². The third-order valence-corrected chi connectivity index (χ3v) is 8.04. The molecule has 3 rings (SSSR count). The van der Waals surface area contributed by atoms with E-state index in [0.29, 0.717) is 50.8 Å². The van der Waals surface area contributed by atoms with Gasteiger partial charge in [0.2, 0.25) is 5.91 Å². The maximum atomic E-state index is 13.1. The monoisotopic (exact) mass is 462 g/mol. The summed E-state index contributed by atoms with van der Waals surface area (Å²) in [6, 6.07) is 4.09. The fourth-order valence-electron chi connectivity index (χ4n) is 4.64. The van der Waals surface area contributed by atoms with Crippen molar-refractivity contribution in [2.75, 3.05) is 25.6 Å². The molecule has 1 aromatic heterocycles. The molecule has 1 spiro atoms. The van der Waals surface area contributed by atoms with Gasteiger partial charge in [-0.25, -0.2) is 4.98 Å². The van der Waals surface area contributed by atoms with Crippen LogP contribution in [0.1, 0.15) is 83.9 Å². The van der Waals surface area contributed by atoms with Gasteiger partial charge in [-0.3, -0.25) is 9.59 Å². The van der Waals surface area contributed by atoms with Crippen molar-refractivity contribution in [2.24, 2.45) is 5.92 Å². The van der Waals surface area contributed by atoms with Gasteiger partial charge in [0.1, 0.15) is 5.54 Å². The highest BCUT2D eigenvalue weighted by atomic mass is 32.2. The van der Waals surface area contributed by atoms with E-state index in [0.717, 1.165) is 29.1 Å². The summed E-state index contributed by atoms with van der Waals surface area (Å²) in [4.78, 5) is 30.3. The molecule has 0 aliphatic carbocycles. The van der Waals surface area contributed by atoms with Crippen molar-refractivity contribution >= 4 is 23.6 Å². The Labute approximate surface area is 196 Å². The normalized spacial score (nSPS) is 19.1. The van der Waals surface area contributed by atoms with Crippen LogP contribution in [-0.4, -0.2) is 42.4 Å². The first-order valence-corrected chi connectivity index (χ1v) is 13.1. The lowest BCUT2D eigenvalue weighted by Crippen LogP contribution is -2.67. The quantitative estimate of drug-likeness (QED) is 0.357. The number of rotatable bonds is 12. The second-order valence-corrected chi connectivity index (χ2v) is 10.2. The van der Waals surface area contributed by atoms with Gasteiger partial charge in [0.15, 0.2) is 0 Å². The van der Waals surface area contributed by atoms with E-state index in [9.17, 15) is 9.59 Å². The average Bonchev–Trinajstić information content (AvgIpc) is 2.78. The molecule has 2 aliphatic heterocycles. The fourth-order valence-corrected chi connectivity index (χ4v) is 5.44. The van der Waals surface area contributed by atoms with Crippen LogP contribution in [0.2, 0.25) is 0 Å². The SMILES string of the molecule is CCCCC(CC)COC(=O)CCSc1ccc2c(n1)C(CC)(CC)C(=O)NC21COC1. The van der Waals surface area contributed by atoms with Gasteiger partial charge in [0.25, 0.3) is 0 Å². The Bertz CT molecular complexity index is 805. The second kappa shape index (κ2) is 11.0. The largest absolute Gasteiger partial charge is 0.465 e. The topological polar surface area (TPSA) is 77.5 Å². The van der Waals surface area contributed by atoms with Crippen LogP contribution in [0.25, 0.3) is 0 Å². The molecule has 2 aliphatic rings. The predicted octanol–water partition coefficient (Wildman–Crippen LogP) is 4.74. The number of carbonyl (C=O) groups excluding carboxylic acids is 2. The summed E-state index contributed by atoms with van der Waals surface area (Å²) in [5.41, 5.74) is 0.907. The summed E-state index contributed by atoms with van der Waals surface area (Å²) in [5.74, 6) is 0.971. The number of fused-ring (bicyclic) bond motifs is 2. The van der Waals surface area contributed by atoms with Crippen molar-refractivity contribution in [3.8, 4) is 0 Å². The van der Waals surface area contributed by atoms with Gasteiger partial charge in [-0.1, -0.05) is 53.0 Å². The Morgan fingerprint density at radius 3 is 2.59 bits per heavy atom. The molecular weight excluding hydrogens is 424 g/mol. The number of hydrogen-bond donors (Lipinski definition) is 1. The molecular formula is C25H38N2O4S. The minimum absolute atomic E-state index is 0.0464. The average molecular weight is 463 g/mol. The lowest BCUT2D eigenvalue weighted by Gasteiger charge is -2.50. The number of thioether (sulfide) groups is 1. The van der Waals surface area contributed by atoms with Crippen LogP contribution in [0.4, 0.5) is 0 Å². The lowest BCUT2D eigenvalue weighted by atomic mass is 9.68. The van der Waals surface area contributed by atoms with E-state index in [1.54, 1.807) is 11.8 Å². The molecule has 0 bridgehead atoms. The molecule has 1 N–H and O–H groups in total. The number of hydrogen-bond acceptors (Lipinski definition) is 6. The number of aromatic nitrogens is 1. The van der Waals surface area contributed by atoms with Crippen molar-refractivity contribution in [2.45, 2.75) is 88.6 Å². The summed E-state index contributed by atoms with van der Waals surface area (Å²) in [6.45, 7) is 9.93. The van der Waals surface area contributed by atoms with E-state index < -0.39 is 11.0 Å². The Balaban J connectivity index is 1.62. The number of nitrogens with one attached hydrogen (secondary N) is 1. The number of carbonyl (C=O) groups is 2. The molecule has 0 saturated carbocycles. The predicted molar refractivity (Wildman–Crippen MR) is 127 cm³/mol. The van der Waals surface area contributed by atoms with Crippen LogP contribution in [0, 0.1) is 5.92 Å². The van der Waals surface area contributed by atoms with Crippen molar-refractivity contribution < 1.29 is 19.1 Å². The van der Waals surface area contributed by atoms with Crippen molar-refractivity contribution in [3.63, 3.8) is 0 Å². The summed E-state index contributed by atoms with van der Waals surface area (Å²) in [6.07, 6.45) is 6.26. The van der Waals surface area contributed by atoms with Crippen molar-refractivity contribution in [1.82, 2.24) is 10.3 Å². The van der Waals surface area contributed by atoms with Gasteiger partial charge in [-0.05, 0) is 31.2 Å². The van der Waals surface area contributed by atoms with E-state index in [2.05, 4.69) is 25.2 Å². The fraction of sp³-hybridized carbons (Fsp3) is 0.720. The maximum absolute atomic E-state index is 13.1. The minimum atomic E-state index is -0.612. The molecule has 3 heterocycles. The standard InChI is InChI=1S/C25H38N2O4S/c1-5-9-10-18(6-2)15-31-21(28)13-14-32-20-12-11-19-22(26-20)24(7-3,8-4)23(29)27-25(19)16-30-17-25/h11-12,18H,5-10,13-17H2,1-4H3,(H,27,29). The van der Waals surface area contributed by atoms with E-state index in [1.165, 1.54) is 12.8 Å². The zero-order valence-corrected chi connectivity index (χ0v) is 20.8. The highest BCUT2D eigenvalue weighted by Gasteiger charge is 2.55. The van der Waals surface area contributed by atoms with Crippen LogP contribution < -0.4 is 5.32 Å². The Kier molecular flexibility index (Phi) is 8.62. The van der Waals surface area contributed by atoms with Crippen molar-refractivity contribution in [3.05, 3.63) is 23.4 Å². The summed E-state index contributed by atoms with van der Waals surface area (Å²) < 4.78 is 11.0. The third-order valence-electron chi connectivity index (χ3n) is 7.11. The number of nitrogens with zero attached hydrogens (tertiary/aromatic N) is 1. The van der Waals surface area contributed by atoms with E-state index in [4.69, 9.17) is 14.5 Å². The molecule has 1 fully saturated rings. The highest BCUT2D eigenvalue weighted by Crippen LogP contribution is 2.45. The molecule has 1 unspecified atom stereocenters. The summed E-state index contributed by atoms with van der Waals surface area (Å²) in [5, 5.41) is 4.07. The molecule has 1 aromatic rings. The Hall–Kier alpha value is -1.60. The van der Waals surface area contributed by atoms with Gasteiger partial charge in [0.05, 0.1) is 42.4 Å². The van der Waals surface area contributed by atoms with Gasteiger partial charge in [0, 0.05) is 11.3 Å². The molecule has 0 aromatic carbocycles. The zero-order chi connectivity index (χ0) is 23.2. The minimum Gasteiger partial charge on any atom is -0.465 e. The van der Waals surface area contributed by atoms with Crippen LogP contribution in [0.5, 0.6) is 0 Å². The summed E-state index contributed by atoms with van der Waals surface area (Å²) in [7, 11) is 0. The first-order valence-electron chi connectivity index (χ1n) is 12.2. The highest BCUT2D eigenvalue weighted by molar-refractivity contribution is 7.99. The van der Waals surface area contributed by atoms with Crippen LogP contribution in [0.15, 0.2) is 17.2 Å². The van der Waals surface area contributed by atoms with Crippen LogP contribution in [0.3, 0.4) is 0 Å². The third kappa shape index (κ3) is 4.98. The molecule has 7 heteroatoms. The zero-order valence-electron chi connectivity index (χ0n) is 20.0. The number of ether oxygens (including phenoxy) is 2. The molecule has 32 heavy (non-hydrogen) atoms. The lowest BCUT2D eigenvalue weighted by molar-refractivity contribution is -0.145. The smallest absolute Gasteiger partial charge is 0.306 e.